The Morgan fingerprint density at radius 2 is 2.06 bits per heavy atom. The number of thiophene rings is 1. The van der Waals surface area contributed by atoms with Gasteiger partial charge in [-0.1, -0.05) is 27.7 Å². The molecule has 1 N–H and O–H groups in total. The van der Waals surface area contributed by atoms with Gasteiger partial charge in [-0.25, -0.2) is 0 Å². The van der Waals surface area contributed by atoms with Crippen LogP contribution in [0.4, 0.5) is 0 Å². The highest BCUT2D eigenvalue weighted by Crippen LogP contribution is 2.38. The van der Waals surface area contributed by atoms with Crippen molar-refractivity contribution in [3.05, 3.63) is 20.3 Å². The highest BCUT2D eigenvalue weighted by Gasteiger charge is 2.24. The van der Waals surface area contributed by atoms with Gasteiger partial charge < -0.3 is 5.32 Å². The van der Waals surface area contributed by atoms with Crippen LogP contribution in [0.15, 0.2) is 10.5 Å². The molecule has 1 nitrogen and oxygen atoms in total. The molecular weight excluding hydrogens is 282 g/mol. The van der Waals surface area contributed by atoms with E-state index in [1.54, 1.807) is 0 Å². The van der Waals surface area contributed by atoms with Crippen LogP contribution in [-0.4, -0.2) is 12.6 Å². The fraction of sp³-hybridized carbons (Fsp3) is 0.692. The summed E-state index contributed by atoms with van der Waals surface area (Å²) in [5, 5.41) is 3.49. The van der Waals surface area contributed by atoms with Gasteiger partial charge in [-0.15, -0.1) is 11.3 Å². The van der Waals surface area contributed by atoms with Crippen LogP contribution < -0.4 is 5.32 Å². The van der Waals surface area contributed by atoms with Gasteiger partial charge >= 0.3 is 0 Å². The van der Waals surface area contributed by atoms with Crippen molar-refractivity contribution in [2.24, 2.45) is 0 Å². The molecule has 3 heteroatoms. The van der Waals surface area contributed by atoms with Gasteiger partial charge in [0.1, 0.15) is 0 Å². The maximum atomic E-state index is 3.66. The van der Waals surface area contributed by atoms with Crippen molar-refractivity contribution < 1.29 is 0 Å². The van der Waals surface area contributed by atoms with Gasteiger partial charge in [0.2, 0.25) is 0 Å². The minimum atomic E-state index is 0.250. The monoisotopic (exact) mass is 303 g/mol. The van der Waals surface area contributed by atoms with Crippen molar-refractivity contribution in [3.8, 4) is 0 Å². The molecule has 0 atom stereocenters. The maximum absolute atomic E-state index is 3.66. The smallest absolute Gasteiger partial charge is 0.0322 e. The summed E-state index contributed by atoms with van der Waals surface area (Å²) in [4.78, 5) is 2.85. The zero-order valence-corrected chi connectivity index (χ0v) is 13.3. The first-order valence-corrected chi connectivity index (χ1v) is 7.43. The first-order chi connectivity index (χ1) is 7.33. The normalized spacial score (nSPS) is 12.4. The molecular formula is C13H22BrNS. The van der Waals surface area contributed by atoms with Crippen LogP contribution >= 0.6 is 27.3 Å². The van der Waals surface area contributed by atoms with E-state index in [9.17, 15) is 0 Å². The molecule has 1 rings (SSSR count). The molecule has 0 aliphatic carbocycles. The molecule has 0 fully saturated rings. The first kappa shape index (κ1) is 14.2. The van der Waals surface area contributed by atoms with Crippen LogP contribution in [0.5, 0.6) is 0 Å². The van der Waals surface area contributed by atoms with E-state index >= 15 is 0 Å². The van der Waals surface area contributed by atoms with E-state index in [0.717, 1.165) is 6.54 Å². The SMILES string of the molecule is Cc1cc(Br)c(C(C)(C)CCNC(C)C)s1. The van der Waals surface area contributed by atoms with Crippen LogP contribution in [0.2, 0.25) is 0 Å². The standard InChI is InChI=1S/C13H22BrNS/c1-9(2)15-7-6-13(4,5)12-11(14)8-10(3)16-12/h8-9,15H,6-7H2,1-5H3. The Kier molecular flexibility index (Phi) is 5.02. The van der Waals surface area contributed by atoms with Gasteiger partial charge in [0.15, 0.2) is 0 Å². The Morgan fingerprint density at radius 3 is 2.50 bits per heavy atom. The summed E-state index contributed by atoms with van der Waals surface area (Å²) in [6.45, 7) is 12.3. The van der Waals surface area contributed by atoms with Crippen molar-refractivity contribution in [1.82, 2.24) is 5.32 Å². The zero-order chi connectivity index (χ0) is 12.3. The van der Waals surface area contributed by atoms with E-state index in [0.29, 0.717) is 6.04 Å². The van der Waals surface area contributed by atoms with Gasteiger partial charge in [-0.3, -0.25) is 0 Å². The lowest BCUT2D eigenvalue weighted by Crippen LogP contribution is -2.29. The molecule has 1 aromatic heterocycles. The Hall–Kier alpha value is 0.140. The molecule has 0 unspecified atom stereocenters. The number of aryl methyl sites for hydroxylation is 1. The van der Waals surface area contributed by atoms with Gasteiger partial charge in [-0.2, -0.15) is 0 Å². The summed E-state index contributed by atoms with van der Waals surface area (Å²) in [7, 11) is 0. The summed E-state index contributed by atoms with van der Waals surface area (Å²) in [6, 6.07) is 2.79. The van der Waals surface area contributed by atoms with Crippen LogP contribution in [-0.2, 0) is 5.41 Å². The van der Waals surface area contributed by atoms with E-state index in [4.69, 9.17) is 0 Å². The fourth-order valence-electron chi connectivity index (χ4n) is 1.73. The highest BCUT2D eigenvalue weighted by atomic mass is 79.9. The number of rotatable bonds is 5. The molecule has 0 saturated carbocycles. The second-order valence-electron chi connectivity index (χ2n) is 5.28. The van der Waals surface area contributed by atoms with Crippen molar-refractivity contribution >= 4 is 27.3 Å². The molecule has 0 saturated heterocycles. The Balaban J connectivity index is 2.66. The van der Waals surface area contributed by atoms with Gasteiger partial charge in [-0.05, 0) is 41.9 Å². The van der Waals surface area contributed by atoms with Crippen molar-refractivity contribution in [2.45, 2.75) is 52.5 Å². The minimum absolute atomic E-state index is 0.250. The Labute approximate surface area is 112 Å². The molecule has 0 spiro atoms. The van der Waals surface area contributed by atoms with E-state index in [1.165, 1.54) is 20.6 Å². The third-order valence-electron chi connectivity index (χ3n) is 2.73. The van der Waals surface area contributed by atoms with Crippen LogP contribution in [0, 0.1) is 6.92 Å². The topological polar surface area (TPSA) is 12.0 Å². The Bertz CT molecular complexity index is 342. The first-order valence-electron chi connectivity index (χ1n) is 5.83. The zero-order valence-electron chi connectivity index (χ0n) is 10.9. The number of halogens is 1. The largest absolute Gasteiger partial charge is 0.315 e. The Morgan fingerprint density at radius 1 is 1.44 bits per heavy atom. The van der Waals surface area contributed by atoms with E-state index in [2.05, 4.69) is 61.9 Å². The average Bonchev–Trinajstić information content (AvgIpc) is 2.44. The minimum Gasteiger partial charge on any atom is -0.315 e. The molecule has 0 amide bonds. The van der Waals surface area contributed by atoms with Crippen LogP contribution in [0.3, 0.4) is 0 Å². The third-order valence-corrected chi connectivity index (χ3v) is 5.03. The van der Waals surface area contributed by atoms with Gasteiger partial charge in [0, 0.05) is 25.7 Å². The number of hydrogen-bond donors (Lipinski definition) is 1. The lowest BCUT2D eigenvalue weighted by atomic mass is 9.87. The number of hydrogen-bond acceptors (Lipinski definition) is 2. The summed E-state index contributed by atoms with van der Waals surface area (Å²) in [5.74, 6) is 0. The lowest BCUT2D eigenvalue weighted by Gasteiger charge is -2.25. The molecule has 0 bridgehead atoms. The predicted molar refractivity (Wildman–Crippen MR) is 77.5 cm³/mol. The fourth-order valence-corrected chi connectivity index (χ4v) is 4.04. The molecule has 0 radical (unpaired) electrons. The molecule has 0 aliphatic heterocycles. The summed E-state index contributed by atoms with van der Waals surface area (Å²) in [5.41, 5.74) is 0.250. The van der Waals surface area contributed by atoms with E-state index in [-0.39, 0.29) is 5.41 Å². The van der Waals surface area contributed by atoms with Crippen LogP contribution in [0.25, 0.3) is 0 Å². The molecule has 1 aromatic rings. The molecule has 16 heavy (non-hydrogen) atoms. The summed E-state index contributed by atoms with van der Waals surface area (Å²) in [6.07, 6.45) is 1.17. The van der Waals surface area contributed by atoms with Crippen molar-refractivity contribution in [1.29, 1.82) is 0 Å². The number of nitrogens with one attached hydrogen (secondary N) is 1. The maximum Gasteiger partial charge on any atom is 0.0322 e. The molecule has 92 valence electrons. The predicted octanol–water partition coefficient (Wildman–Crippen LogP) is 4.48. The quantitative estimate of drug-likeness (QED) is 0.845. The highest BCUT2D eigenvalue weighted by molar-refractivity contribution is 9.10. The molecule has 0 aromatic carbocycles. The van der Waals surface area contributed by atoms with Crippen molar-refractivity contribution in [3.63, 3.8) is 0 Å². The molecule has 0 aliphatic rings. The third kappa shape index (κ3) is 3.86. The second kappa shape index (κ2) is 5.65. The van der Waals surface area contributed by atoms with E-state index in [1.807, 2.05) is 11.3 Å². The van der Waals surface area contributed by atoms with E-state index < -0.39 is 0 Å². The summed E-state index contributed by atoms with van der Waals surface area (Å²) < 4.78 is 1.27. The van der Waals surface area contributed by atoms with Gasteiger partial charge in [0.05, 0.1) is 0 Å². The molecule has 1 heterocycles. The summed E-state index contributed by atoms with van der Waals surface area (Å²) >= 11 is 5.57. The lowest BCUT2D eigenvalue weighted by molar-refractivity contribution is 0.447. The van der Waals surface area contributed by atoms with Gasteiger partial charge in [0.25, 0.3) is 0 Å². The second-order valence-corrected chi connectivity index (χ2v) is 7.39. The van der Waals surface area contributed by atoms with Crippen LogP contribution in [0.1, 0.15) is 43.9 Å². The average molecular weight is 304 g/mol. The van der Waals surface area contributed by atoms with Crippen molar-refractivity contribution in [2.75, 3.05) is 6.54 Å².